The number of nitrogens with one attached hydrogen (secondary N) is 3. The number of halogens is 1. The van der Waals surface area contributed by atoms with E-state index in [4.69, 9.17) is 11.6 Å². The van der Waals surface area contributed by atoms with Crippen LogP contribution in [0.4, 0.5) is 0 Å². The van der Waals surface area contributed by atoms with Gasteiger partial charge in [-0.25, -0.2) is 13.1 Å². The van der Waals surface area contributed by atoms with E-state index < -0.39 is 10.0 Å². The molecule has 0 radical (unpaired) electrons. The number of guanidine groups is 1. The zero-order valence-corrected chi connectivity index (χ0v) is 17.0. The van der Waals surface area contributed by atoms with Crippen molar-refractivity contribution in [2.24, 2.45) is 10.9 Å². The number of hydrogen-bond acceptors (Lipinski definition) is 3. The Bertz CT molecular complexity index is 688. The highest BCUT2D eigenvalue weighted by atomic mass is 35.5. The second kappa shape index (κ2) is 10.1. The molecule has 8 heteroatoms. The molecular weight excluding hydrogens is 372 g/mol. The maximum Gasteiger partial charge on any atom is 0.213 e. The summed E-state index contributed by atoms with van der Waals surface area (Å²) in [5.74, 6) is 1.10. The molecule has 0 aromatic heterocycles. The molecule has 0 heterocycles. The Morgan fingerprint density at radius 2 is 2.00 bits per heavy atom. The summed E-state index contributed by atoms with van der Waals surface area (Å²) in [4.78, 5) is 4.39. The average Bonchev–Trinajstić information content (AvgIpc) is 2.53. The van der Waals surface area contributed by atoms with Crippen LogP contribution in [0.2, 0.25) is 5.02 Å². The molecule has 1 aromatic carbocycles. The van der Waals surface area contributed by atoms with E-state index in [0.717, 1.165) is 18.4 Å². The first kappa shape index (κ1) is 21.0. The lowest BCUT2D eigenvalue weighted by Gasteiger charge is -2.25. The van der Waals surface area contributed by atoms with E-state index in [2.05, 4.69) is 20.3 Å². The third-order valence-corrected chi connectivity index (χ3v) is 6.09. The van der Waals surface area contributed by atoms with Crippen LogP contribution in [-0.4, -0.2) is 39.8 Å². The minimum absolute atomic E-state index is 0.00831. The molecule has 0 bridgehead atoms. The van der Waals surface area contributed by atoms with Crippen LogP contribution in [-0.2, 0) is 10.0 Å². The van der Waals surface area contributed by atoms with Crippen LogP contribution in [0, 0.1) is 5.92 Å². The highest BCUT2D eigenvalue weighted by Gasteiger charge is 2.20. The molecule has 1 atom stereocenters. The second-order valence-corrected chi connectivity index (χ2v) is 9.01. The molecule has 0 aliphatic heterocycles. The van der Waals surface area contributed by atoms with Crippen molar-refractivity contribution in [1.82, 2.24) is 15.4 Å². The second-order valence-electron chi connectivity index (χ2n) is 6.64. The standard InChI is InChI=1S/C18H29ClN4O2S/c1-3-20-18(23-14(2)16-7-9-17(19)10-8-16)21-11-12-26(24,25)22-13-15-5-4-6-15/h7-10,14-15,22H,3-6,11-13H2,1-2H3,(H2,20,21,23). The normalized spacial score (nSPS) is 16.8. The average molecular weight is 401 g/mol. The van der Waals surface area contributed by atoms with Crippen molar-refractivity contribution in [3.8, 4) is 0 Å². The van der Waals surface area contributed by atoms with Gasteiger partial charge in [0.2, 0.25) is 10.0 Å². The first-order valence-electron chi connectivity index (χ1n) is 9.17. The highest BCUT2D eigenvalue weighted by molar-refractivity contribution is 7.89. The minimum Gasteiger partial charge on any atom is -0.357 e. The van der Waals surface area contributed by atoms with Crippen molar-refractivity contribution in [2.75, 3.05) is 25.4 Å². The molecule has 1 aromatic rings. The fraction of sp³-hybridized carbons (Fsp3) is 0.611. The molecule has 1 aliphatic carbocycles. The van der Waals surface area contributed by atoms with Gasteiger partial charge in [0.25, 0.3) is 0 Å². The SMILES string of the molecule is CCNC(=NCCS(=O)(=O)NCC1CCC1)NC(C)c1ccc(Cl)cc1. The van der Waals surface area contributed by atoms with Crippen LogP contribution in [0.3, 0.4) is 0 Å². The molecule has 1 saturated carbocycles. The largest absolute Gasteiger partial charge is 0.357 e. The van der Waals surface area contributed by atoms with Gasteiger partial charge in [-0.3, -0.25) is 4.99 Å². The molecule has 1 fully saturated rings. The van der Waals surface area contributed by atoms with Crippen LogP contribution in [0.15, 0.2) is 29.3 Å². The molecule has 2 rings (SSSR count). The number of nitrogens with zero attached hydrogens (tertiary/aromatic N) is 1. The Kier molecular flexibility index (Phi) is 8.18. The molecule has 0 amide bonds. The van der Waals surface area contributed by atoms with Crippen molar-refractivity contribution in [3.63, 3.8) is 0 Å². The van der Waals surface area contributed by atoms with Gasteiger partial charge in [0, 0.05) is 18.1 Å². The van der Waals surface area contributed by atoms with E-state index in [1.54, 1.807) is 0 Å². The van der Waals surface area contributed by atoms with Crippen LogP contribution < -0.4 is 15.4 Å². The summed E-state index contributed by atoms with van der Waals surface area (Å²) in [6, 6.07) is 7.63. The van der Waals surface area contributed by atoms with Gasteiger partial charge >= 0.3 is 0 Å². The highest BCUT2D eigenvalue weighted by Crippen LogP contribution is 2.25. The van der Waals surface area contributed by atoms with Crippen molar-refractivity contribution < 1.29 is 8.42 Å². The van der Waals surface area contributed by atoms with Crippen LogP contribution >= 0.6 is 11.6 Å². The molecule has 1 aliphatic rings. The quantitative estimate of drug-likeness (QED) is 0.439. The molecule has 0 saturated heterocycles. The van der Waals surface area contributed by atoms with E-state index in [1.165, 1.54) is 6.42 Å². The van der Waals surface area contributed by atoms with Gasteiger partial charge in [-0.15, -0.1) is 0 Å². The fourth-order valence-corrected chi connectivity index (χ4v) is 3.74. The predicted molar refractivity (Wildman–Crippen MR) is 108 cm³/mol. The van der Waals surface area contributed by atoms with E-state index in [0.29, 0.717) is 30.0 Å². The van der Waals surface area contributed by atoms with E-state index in [-0.39, 0.29) is 18.3 Å². The number of hydrogen-bond donors (Lipinski definition) is 3. The zero-order chi connectivity index (χ0) is 19.0. The van der Waals surface area contributed by atoms with Crippen molar-refractivity contribution >= 4 is 27.6 Å². The number of benzene rings is 1. The Labute approximate surface area is 161 Å². The summed E-state index contributed by atoms with van der Waals surface area (Å²) in [5, 5.41) is 7.13. The Morgan fingerprint density at radius 1 is 1.31 bits per heavy atom. The monoisotopic (exact) mass is 400 g/mol. The number of sulfonamides is 1. The van der Waals surface area contributed by atoms with E-state index in [9.17, 15) is 8.42 Å². The fourth-order valence-electron chi connectivity index (χ4n) is 2.65. The van der Waals surface area contributed by atoms with Gasteiger partial charge in [0.1, 0.15) is 0 Å². The molecule has 1 unspecified atom stereocenters. The minimum atomic E-state index is -3.28. The van der Waals surface area contributed by atoms with E-state index in [1.807, 2.05) is 38.1 Å². The van der Waals surface area contributed by atoms with Crippen molar-refractivity contribution in [3.05, 3.63) is 34.9 Å². The predicted octanol–water partition coefficient (Wildman–Crippen LogP) is 2.68. The molecule has 146 valence electrons. The third kappa shape index (κ3) is 7.13. The van der Waals surface area contributed by atoms with Crippen molar-refractivity contribution in [1.29, 1.82) is 0 Å². The summed E-state index contributed by atoms with van der Waals surface area (Å²) in [6.45, 7) is 5.46. The van der Waals surface area contributed by atoms with Gasteiger partial charge in [0.05, 0.1) is 18.3 Å². The molecular formula is C18H29ClN4O2S. The summed E-state index contributed by atoms with van der Waals surface area (Å²) < 4.78 is 26.8. The first-order valence-corrected chi connectivity index (χ1v) is 11.2. The van der Waals surface area contributed by atoms with Gasteiger partial charge in [-0.05, 0) is 50.3 Å². The summed E-state index contributed by atoms with van der Waals surface area (Å²) in [5.41, 5.74) is 1.08. The lowest BCUT2D eigenvalue weighted by molar-refractivity contribution is 0.316. The summed E-state index contributed by atoms with van der Waals surface area (Å²) >= 11 is 5.92. The number of aliphatic imine (C=N–C) groups is 1. The van der Waals surface area contributed by atoms with Crippen molar-refractivity contribution in [2.45, 2.75) is 39.2 Å². The molecule has 26 heavy (non-hydrogen) atoms. The van der Waals surface area contributed by atoms with Crippen LogP contribution in [0.25, 0.3) is 0 Å². The van der Waals surface area contributed by atoms with E-state index >= 15 is 0 Å². The smallest absolute Gasteiger partial charge is 0.213 e. The molecule has 6 nitrogen and oxygen atoms in total. The van der Waals surface area contributed by atoms with Gasteiger partial charge in [0.15, 0.2) is 5.96 Å². The summed E-state index contributed by atoms with van der Waals surface area (Å²) in [7, 11) is -3.28. The lowest BCUT2D eigenvalue weighted by Crippen LogP contribution is -2.39. The Hall–Kier alpha value is -1.31. The summed E-state index contributed by atoms with van der Waals surface area (Å²) in [6.07, 6.45) is 3.45. The van der Waals surface area contributed by atoms with Gasteiger partial charge < -0.3 is 10.6 Å². The molecule has 3 N–H and O–H groups in total. The topological polar surface area (TPSA) is 82.6 Å². The number of rotatable bonds is 9. The Balaban J connectivity index is 1.85. The van der Waals surface area contributed by atoms with Crippen LogP contribution in [0.1, 0.15) is 44.7 Å². The van der Waals surface area contributed by atoms with Crippen LogP contribution in [0.5, 0.6) is 0 Å². The maximum atomic E-state index is 12.1. The first-order chi connectivity index (χ1) is 12.4. The Morgan fingerprint density at radius 3 is 2.58 bits per heavy atom. The lowest BCUT2D eigenvalue weighted by atomic mass is 9.86. The maximum absolute atomic E-state index is 12.1. The van der Waals surface area contributed by atoms with Gasteiger partial charge in [-0.2, -0.15) is 0 Å². The molecule has 0 spiro atoms. The zero-order valence-electron chi connectivity index (χ0n) is 15.5. The third-order valence-electron chi connectivity index (χ3n) is 4.51. The van der Waals surface area contributed by atoms with Gasteiger partial charge in [-0.1, -0.05) is 30.2 Å².